The second kappa shape index (κ2) is 8.13. The van der Waals surface area contributed by atoms with Crippen molar-refractivity contribution in [1.82, 2.24) is 15.1 Å². The highest BCUT2D eigenvalue weighted by Crippen LogP contribution is 2.17. The highest BCUT2D eigenvalue weighted by Gasteiger charge is 2.30. The van der Waals surface area contributed by atoms with Crippen molar-refractivity contribution in [2.24, 2.45) is 4.99 Å². The molecule has 2 aliphatic heterocycles. The average molecular weight is 327 g/mol. The molecule has 0 spiro atoms. The fraction of sp³-hybridized carbons (Fsp3) is 0.556. The van der Waals surface area contributed by atoms with Gasteiger partial charge >= 0.3 is 0 Å². The number of nitrogens with one attached hydrogen (secondary N) is 1. The Morgan fingerprint density at radius 3 is 2.96 bits per heavy atom. The number of benzene rings is 1. The molecule has 0 bridgehead atoms. The summed E-state index contributed by atoms with van der Waals surface area (Å²) in [5.41, 5.74) is 1.79. The molecule has 2 heterocycles. The van der Waals surface area contributed by atoms with Gasteiger partial charge in [0.05, 0.1) is 24.8 Å². The number of aliphatic imine (C=N–C) groups is 1. The number of hydrogen-bond donors (Lipinski definition) is 1. The number of morpholine rings is 1. The fourth-order valence-corrected chi connectivity index (χ4v) is 3.44. The molecule has 1 aromatic carbocycles. The molecule has 2 saturated heterocycles. The van der Waals surface area contributed by atoms with Gasteiger partial charge < -0.3 is 15.0 Å². The van der Waals surface area contributed by atoms with E-state index in [1.54, 1.807) is 0 Å². The minimum atomic E-state index is 0.592. The van der Waals surface area contributed by atoms with Gasteiger partial charge in [0.15, 0.2) is 5.96 Å². The molecule has 3 rings (SSSR count). The Labute approximate surface area is 143 Å². The quantitative estimate of drug-likeness (QED) is 0.664. The molecule has 1 N–H and O–H groups in total. The van der Waals surface area contributed by atoms with Gasteiger partial charge in [0.25, 0.3) is 0 Å². The molecule has 2 fully saturated rings. The SMILES string of the molecule is CN=C(NCc1cccc(C#N)c1)N1CCC(N2CCOCC2)C1. The van der Waals surface area contributed by atoms with Crippen molar-refractivity contribution < 1.29 is 4.74 Å². The summed E-state index contributed by atoms with van der Waals surface area (Å²) >= 11 is 0. The van der Waals surface area contributed by atoms with Crippen molar-refractivity contribution >= 4 is 5.96 Å². The molecule has 0 radical (unpaired) electrons. The van der Waals surface area contributed by atoms with E-state index in [1.807, 2.05) is 31.3 Å². The van der Waals surface area contributed by atoms with Gasteiger partial charge in [-0.05, 0) is 24.1 Å². The summed E-state index contributed by atoms with van der Waals surface area (Å²) < 4.78 is 5.45. The van der Waals surface area contributed by atoms with Crippen LogP contribution in [0.15, 0.2) is 29.3 Å². The van der Waals surface area contributed by atoms with Crippen molar-refractivity contribution in [1.29, 1.82) is 5.26 Å². The molecular formula is C18H25N5O. The largest absolute Gasteiger partial charge is 0.379 e. The predicted molar refractivity (Wildman–Crippen MR) is 93.7 cm³/mol. The summed E-state index contributed by atoms with van der Waals surface area (Å²) in [6.45, 7) is 6.48. The second-order valence-corrected chi connectivity index (χ2v) is 6.25. The third kappa shape index (κ3) is 4.05. The maximum atomic E-state index is 9.00. The molecule has 6 heteroatoms. The Bertz CT molecular complexity index is 618. The lowest BCUT2D eigenvalue weighted by Crippen LogP contribution is -2.46. The predicted octanol–water partition coefficient (Wildman–Crippen LogP) is 1.04. The van der Waals surface area contributed by atoms with Crippen LogP contribution in [0, 0.1) is 11.3 Å². The summed E-state index contributed by atoms with van der Waals surface area (Å²) in [4.78, 5) is 9.29. The molecular weight excluding hydrogens is 302 g/mol. The molecule has 1 atom stereocenters. The van der Waals surface area contributed by atoms with Crippen LogP contribution in [-0.4, -0.2) is 68.2 Å². The van der Waals surface area contributed by atoms with E-state index < -0.39 is 0 Å². The molecule has 24 heavy (non-hydrogen) atoms. The van der Waals surface area contributed by atoms with Crippen LogP contribution in [0.5, 0.6) is 0 Å². The van der Waals surface area contributed by atoms with Crippen LogP contribution >= 0.6 is 0 Å². The van der Waals surface area contributed by atoms with E-state index in [-0.39, 0.29) is 0 Å². The zero-order valence-electron chi connectivity index (χ0n) is 14.2. The van der Waals surface area contributed by atoms with Crippen LogP contribution in [0.2, 0.25) is 0 Å². The Kier molecular flexibility index (Phi) is 5.68. The van der Waals surface area contributed by atoms with Gasteiger partial charge in [0.1, 0.15) is 0 Å². The van der Waals surface area contributed by atoms with Crippen LogP contribution in [0.25, 0.3) is 0 Å². The number of nitrogens with zero attached hydrogens (tertiary/aromatic N) is 4. The number of guanidine groups is 1. The topological polar surface area (TPSA) is 63.9 Å². The van der Waals surface area contributed by atoms with Crippen molar-refractivity contribution in [3.8, 4) is 6.07 Å². The Balaban J connectivity index is 1.54. The smallest absolute Gasteiger partial charge is 0.193 e. The lowest BCUT2D eigenvalue weighted by molar-refractivity contribution is 0.0195. The van der Waals surface area contributed by atoms with Gasteiger partial charge in [0.2, 0.25) is 0 Å². The average Bonchev–Trinajstić information content (AvgIpc) is 3.13. The van der Waals surface area contributed by atoms with Gasteiger partial charge in [0, 0.05) is 45.8 Å². The standard InChI is InChI=1S/C18H25N5O/c1-20-18(21-13-16-4-2-3-15(11-16)12-19)23-6-5-17(14-23)22-7-9-24-10-8-22/h2-4,11,17H,5-10,13-14H2,1H3,(H,20,21). The number of ether oxygens (including phenoxy) is 1. The van der Waals surface area contributed by atoms with E-state index in [9.17, 15) is 0 Å². The molecule has 2 aliphatic rings. The van der Waals surface area contributed by atoms with Crippen molar-refractivity contribution in [2.45, 2.75) is 19.0 Å². The lowest BCUT2D eigenvalue weighted by atomic mass is 10.1. The first-order valence-electron chi connectivity index (χ1n) is 8.56. The molecule has 0 saturated carbocycles. The Morgan fingerprint density at radius 1 is 1.38 bits per heavy atom. The third-order valence-electron chi connectivity index (χ3n) is 4.74. The van der Waals surface area contributed by atoms with Gasteiger partial charge in [-0.3, -0.25) is 9.89 Å². The van der Waals surface area contributed by atoms with E-state index >= 15 is 0 Å². The zero-order valence-corrected chi connectivity index (χ0v) is 14.2. The van der Waals surface area contributed by atoms with Gasteiger partial charge in [-0.2, -0.15) is 5.26 Å². The Hall–Kier alpha value is -2.10. The van der Waals surface area contributed by atoms with Crippen LogP contribution in [-0.2, 0) is 11.3 Å². The molecule has 0 amide bonds. The monoisotopic (exact) mass is 327 g/mol. The minimum absolute atomic E-state index is 0.592. The first-order chi connectivity index (χ1) is 11.8. The van der Waals surface area contributed by atoms with Crippen LogP contribution in [0.1, 0.15) is 17.5 Å². The van der Waals surface area contributed by atoms with Crippen LogP contribution in [0.4, 0.5) is 0 Å². The van der Waals surface area contributed by atoms with Crippen LogP contribution in [0.3, 0.4) is 0 Å². The fourth-order valence-electron chi connectivity index (χ4n) is 3.44. The van der Waals surface area contributed by atoms with Crippen LogP contribution < -0.4 is 5.32 Å². The molecule has 6 nitrogen and oxygen atoms in total. The maximum absolute atomic E-state index is 9.00. The van der Waals surface area contributed by atoms with Gasteiger partial charge in [-0.1, -0.05) is 12.1 Å². The number of nitriles is 1. The van der Waals surface area contributed by atoms with E-state index in [0.29, 0.717) is 18.2 Å². The highest BCUT2D eigenvalue weighted by atomic mass is 16.5. The molecule has 0 aliphatic carbocycles. The van der Waals surface area contributed by atoms with Crippen molar-refractivity contribution in [3.63, 3.8) is 0 Å². The number of rotatable bonds is 3. The Morgan fingerprint density at radius 2 is 2.21 bits per heavy atom. The number of likely N-dealkylation sites (tertiary alicyclic amines) is 1. The summed E-state index contributed by atoms with van der Waals surface area (Å²) in [5, 5.41) is 12.4. The summed E-state index contributed by atoms with van der Waals surface area (Å²) in [5.74, 6) is 0.938. The third-order valence-corrected chi connectivity index (χ3v) is 4.74. The van der Waals surface area contributed by atoms with Gasteiger partial charge in [-0.25, -0.2) is 0 Å². The van der Waals surface area contributed by atoms with E-state index in [4.69, 9.17) is 10.00 Å². The summed E-state index contributed by atoms with van der Waals surface area (Å²) in [7, 11) is 1.83. The van der Waals surface area contributed by atoms with Crippen molar-refractivity contribution in [3.05, 3.63) is 35.4 Å². The zero-order chi connectivity index (χ0) is 16.8. The normalized spacial score (nSPS) is 22.4. The number of hydrogen-bond acceptors (Lipinski definition) is 4. The van der Waals surface area contributed by atoms with E-state index in [1.165, 1.54) is 6.42 Å². The maximum Gasteiger partial charge on any atom is 0.193 e. The van der Waals surface area contributed by atoms with E-state index in [0.717, 1.165) is 50.9 Å². The molecule has 1 unspecified atom stereocenters. The minimum Gasteiger partial charge on any atom is -0.379 e. The second-order valence-electron chi connectivity index (χ2n) is 6.25. The van der Waals surface area contributed by atoms with Crippen molar-refractivity contribution in [2.75, 3.05) is 46.4 Å². The first kappa shape index (κ1) is 16.7. The highest BCUT2D eigenvalue weighted by molar-refractivity contribution is 5.80. The van der Waals surface area contributed by atoms with Gasteiger partial charge in [-0.15, -0.1) is 0 Å². The first-order valence-corrected chi connectivity index (χ1v) is 8.56. The molecule has 1 aromatic rings. The van der Waals surface area contributed by atoms with E-state index in [2.05, 4.69) is 26.2 Å². The lowest BCUT2D eigenvalue weighted by Gasteiger charge is -2.32. The molecule has 0 aromatic heterocycles. The summed E-state index contributed by atoms with van der Waals surface area (Å²) in [6, 6.07) is 10.5. The molecule has 128 valence electrons. The summed E-state index contributed by atoms with van der Waals surface area (Å²) in [6.07, 6.45) is 1.17.